The van der Waals surface area contributed by atoms with Gasteiger partial charge in [-0.15, -0.1) is 13.2 Å². The van der Waals surface area contributed by atoms with E-state index in [9.17, 15) is 21.6 Å². The van der Waals surface area contributed by atoms with Gasteiger partial charge in [0.1, 0.15) is 4.90 Å². The number of rotatable bonds is 2. The van der Waals surface area contributed by atoms with E-state index >= 15 is 0 Å². The van der Waals surface area contributed by atoms with E-state index in [1.807, 2.05) is 0 Å². The molecule has 0 N–H and O–H groups in total. The monoisotopic (exact) mass is 227 g/mol. The summed E-state index contributed by atoms with van der Waals surface area (Å²) >= 11 is 0. The molecule has 0 aliphatic rings. The minimum atomic E-state index is -5.23. The molecule has 0 saturated carbocycles. The van der Waals surface area contributed by atoms with Crippen LogP contribution in [0.3, 0.4) is 0 Å². The van der Waals surface area contributed by atoms with E-state index < -0.39 is 21.4 Å². The van der Waals surface area contributed by atoms with Gasteiger partial charge in [0.2, 0.25) is 0 Å². The maximum atomic E-state index is 11.6. The minimum absolute atomic E-state index is 0.641. The van der Waals surface area contributed by atoms with Crippen molar-refractivity contribution in [3.05, 3.63) is 24.5 Å². The van der Waals surface area contributed by atoms with Crippen molar-refractivity contribution in [2.24, 2.45) is 0 Å². The van der Waals surface area contributed by atoms with Crippen molar-refractivity contribution < 1.29 is 25.8 Å². The Labute approximate surface area is 77.5 Å². The summed E-state index contributed by atoms with van der Waals surface area (Å²) in [4.78, 5) is 2.71. The van der Waals surface area contributed by atoms with E-state index in [1.165, 1.54) is 12.3 Å². The molecule has 0 fully saturated rings. The molecule has 0 radical (unpaired) electrons. The van der Waals surface area contributed by atoms with Gasteiger partial charge in [0.25, 0.3) is 0 Å². The molecule has 0 bridgehead atoms. The van der Waals surface area contributed by atoms with Crippen LogP contribution < -0.4 is 0 Å². The summed E-state index contributed by atoms with van der Waals surface area (Å²) in [5.74, 6) is 0. The van der Waals surface area contributed by atoms with Crippen molar-refractivity contribution in [3.8, 4) is 0 Å². The summed E-state index contributed by atoms with van der Waals surface area (Å²) in [5.41, 5.74) is 0. The summed E-state index contributed by atoms with van der Waals surface area (Å²) in [6, 6.07) is 2.14. The molecule has 8 heteroatoms. The van der Waals surface area contributed by atoms with Crippen LogP contribution in [0.5, 0.6) is 0 Å². The Morgan fingerprint density at radius 2 is 2.00 bits per heavy atom. The van der Waals surface area contributed by atoms with Gasteiger partial charge >= 0.3 is 16.5 Å². The number of hydrogen-bond donors (Lipinski definition) is 0. The van der Waals surface area contributed by atoms with E-state index in [4.69, 9.17) is 0 Å². The van der Waals surface area contributed by atoms with Crippen molar-refractivity contribution in [1.82, 2.24) is 4.98 Å². The smallest absolute Gasteiger partial charge is 0.263 e. The second-order valence-corrected chi connectivity index (χ2v) is 3.72. The van der Waals surface area contributed by atoms with Crippen LogP contribution in [0.25, 0.3) is 0 Å². The molecule has 0 amide bonds. The molecule has 1 aromatic rings. The number of pyridine rings is 1. The molecule has 0 saturated heterocycles. The lowest BCUT2D eigenvalue weighted by Crippen LogP contribution is -2.19. The molecule has 1 aromatic heterocycles. The average molecular weight is 227 g/mol. The summed E-state index contributed by atoms with van der Waals surface area (Å²) in [6.07, 6.45) is -3.23. The molecule has 14 heavy (non-hydrogen) atoms. The maximum absolute atomic E-state index is 11.6. The van der Waals surface area contributed by atoms with Crippen molar-refractivity contribution >= 4 is 10.1 Å². The first-order valence-electron chi connectivity index (χ1n) is 3.24. The highest BCUT2D eigenvalue weighted by Crippen LogP contribution is 2.23. The SMILES string of the molecule is O=S(=O)(OC(F)(F)F)c1cccnc1. The first kappa shape index (κ1) is 10.9. The summed E-state index contributed by atoms with van der Waals surface area (Å²) in [5, 5.41) is 0. The number of aromatic nitrogens is 1. The quantitative estimate of drug-likeness (QED) is 0.714. The third-order valence-electron chi connectivity index (χ3n) is 1.13. The highest BCUT2D eigenvalue weighted by atomic mass is 32.2. The Kier molecular flexibility index (Phi) is 2.76. The van der Waals surface area contributed by atoms with Crippen LogP contribution in [0.1, 0.15) is 0 Å². The van der Waals surface area contributed by atoms with Gasteiger partial charge in [0.15, 0.2) is 0 Å². The van der Waals surface area contributed by atoms with Gasteiger partial charge in [-0.3, -0.25) is 4.98 Å². The van der Waals surface area contributed by atoms with E-state index in [-0.39, 0.29) is 0 Å². The molecule has 0 unspecified atom stereocenters. The van der Waals surface area contributed by atoms with Crippen molar-refractivity contribution in [2.45, 2.75) is 11.3 Å². The summed E-state index contributed by atoms with van der Waals surface area (Å²) in [6.45, 7) is 0. The number of nitrogens with zero attached hydrogens (tertiary/aromatic N) is 1. The third-order valence-corrected chi connectivity index (χ3v) is 2.35. The van der Waals surface area contributed by atoms with Crippen LogP contribution in [0.15, 0.2) is 29.4 Å². The molecular weight excluding hydrogens is 223 g/mol. The van der Waals surface area contributed by atoms with Crippen LogP contribution in [0.2, 0.25) is 0 Å². The Bertz CT molecular complexity index is 400. The Morgan fingerprint density at radius 3 is 2.43 bits per heavy atom. The van der Waals surface area contributed by atoms with Crippen molar-refractivity contribution in [1.29, 1.82) is 0 Å². The highest BCUT2D eigenvalue weighted by Gasteiger charge is 2.37. The van der Waals surface area contributed by atoms with Gasteiger partial charge in [-0.2, -0.15) is 12.6 Å². The van der Waals surface area contributed by atoms with Crippen molar-refractivity contribution in [3.63, 3.8) is 0 Å². The molecule has 0 aromatic carbocycles. The second-order valence-electron chi connectivity index (χ2n) is 2.17. The fourth-order valence-corrected chi connectivity index (χ4v) is 1.45. The highest BCUT2D eigenvalue weighted by molar-refractivity contribution is 7.86. The zero-order valence-corrected chi connectivity index (χ0v) is 7.34. The van der Waals surface area contributed by atoms with Gasteiger partial charge in [0.05, 0.1) is 0 Å². The Morgan fingerprint density at radius 1 is 1.36 bits per heavy atom. The molecule has 0 aliphatic carbocycles. The second kappa shape index (κ2) is 3.54. The molecule has 0 aliphatic heterocycles. The van der Waals surface area contributed by atoms with Crippen LogP contribution in [-0.2, 0) is 14.3 Å². The fourth-order valence-electron chi connectivity index (χ4n) is 0.667. The topological polar surface area (TPSA) is 56.3 Å². The number of halogens is 3. The van der Waals surface area contributed by atoms with Crippen molar-refractivity contribution in [2.75, 3.05) is 0 Å². The van der Waals surface area contributed by atoms with Crippen LogP contribution in [0.4, 0.5) is 13.2 Å². The van der Waals surface area contributed by atoms with Gasteiger partial charge in [-0.25, -0.2) is 0 Å². The molecule has 0 atom stereocenters. The van der Waals surface area contributed by atoms with E-state index in [0.717, 1.165) is 12.3 Å². The minimum Gasteiger partial charge on any atom is -0.263 e. The normalized spacial score (nSPS) is 12.8. The summed E-state index contributed by atoms with van der Waals surface area (Å²) in [7, 11) is -4.81. The fraction of sp³-hybridized carbons (Fsp3) is 0.167. The van der Waals surface area contributed by atoms with Gasteiger partial charge in [-0.05, 0) is 12.1 Å². The lowest BCUT2D eigenvalue weighted by molar-refractivity contribution is -0.271. The third kappa shape index (κ3) is 2.96. The maximum Gasteiger partial charge on any atom is 0.537 e. The number of alkyl halides is 3. The van der Waals surface area contributed by atoms with Crippen LogP contribution in [0, 0.1) is 0 Å². The first-order chi connectivity index (χ1) is 6.31. The Balaban J connectivity index is 2.99. The zero-order chi connectivity index (χ0) is 10.8. The predicted molar refractivity (Wildman–Crippen MR) is 38.6 cm³/mol. The molecule has 4 nitrogen and oxygen atoms in total. The van der Waals surface area contributed by atoms with Crippen LogP contribution in [-0.4, -0.2) is 19.8 Å². The number of hydrogen-bond acceptors (Lipinski definition) is 4. The van der Waals surface area contributed by atoms with Gasteiger partial charge < -0.3 is 0 Å². The largest absolute Gasteiger partial charge is 0.537 e. The molecule has 0 spiro atoms. The molecule has 1 rings (SSSR count). The molecule has 78 valence electrons. The standard InChI is InChI=1S/C6H4F3NO3S/c7-6(8,9)13-14(11,12)5-2-1-3-10-4-5/h1-4H. The lowest BCUT2D eigenvalue weighted by atomic mass is 10.5. The van der Waals surface area contributed by atoms with Gasteiger partial charge in [0, 0.05) is 12.4 Å². The predicted octanol–water partition coefficient (Wildman–Crippen LogP) is 1.31. The first-order valence-corrected chi connectivity index (χ1v) is 4.64. The van der Waals surface area contributed by atoms with E-state index in [1.54, 1.807) is 0 Å². The molecular formula is C6H4F3NO3S. The van der Waals surface area contributed by atoms with E-state index in [0.29, 0.717) is 0 Å². The van der Waals surface area contributed by atoms with E-state index in [2.05, 4.69) is 9.17 Å². The lowest BCUT2D eigenvalue weighted by Gasteiger charge is -2.06. The Hall–Kier alpha value is -1.15. The summed E-state index contributed by atoms with van der Waals surface area (Å²) < 4.78 is 59.5. The van der Waals surface area contributed by atoms with Crippen LogP contribution >= 0.6 is 0 Å². The molecule has 1 heterocycles. The van der Waals surface area contributed by atoms with Gasteiger partial charge in [-0.1, -0.05) is 0 Å². The zero-order valence-electron chi connectivity index (χ0n) is 6.52. The average Bonchev–Trinajstić information content (AvgIpc) is 2.01.